The van der Waals surface area contributed by atoms with Crippen LogP contribution in [0.3, 0.4) is 0 Å². The van der Waals surface area contributed by atoms with Crippen LogP contribution in [-0.2, 0) is 10.2 Å². The zero-order valence-corrected chi connectivity index (χ0v) is 9.92. The Morgan fingerprint density at radius 2 is 1.93 bits per heavy atom. The van der Waals surface area contributed by atoms with Gasteiger partial charge >= 0.3 is 5.97 Å². The molecule has 0 fully saturated rings. The Morgan fingerprint density at radius 3 is 2.40 bits per heavy atom. The van der Waals surface area contributed by atoms with Gasteiger partial charge in [0.1, 0.15) is 0 Å². The molecule has 3 nitrogen and oxygen atoms in total. The first-order valence-electron chi connectivity index (χ1n) is 4.92. The van der Waals surface area contributed by atoms with Crippen molar-refractivity contribution < 1.29 is 9.53 Å². The number of methoxy groups -OCH3 is 1. The van der Waals surface area contributed by atoms with Gasteiger partial charge in [0.05, 0.1) is 12.7 Å². The van der Waals surface area contributed by atoms with Crippen molar-refractivity contribution in [1.82, 2.24) is 4.98 Å². The molecule has 0 radical (unpaired) electrons. The molecule has 1 rings (SSSR count). The van der Waals surface area contributed by atoms with Gasteiger partial charge in [0.15, 0.2) is 0 Å². The first kappa shape index (κ1) is 11.7. The Labute approximate surface area is 90.5 Å². The number of nitrogens with zero attached hydrogens (tertiary/aromatic N) is 1. The van der Waals surface area contributed by atoms with Crippen molar-refractivity contribution in [3.05, 3.63) is 29.1 Å². The summed E-state index contributed by atoms with van der Waals surface area (Å²) in [7, 11) is 1.38. The Balaban J connectivity index is 3.23. The van der Waals surface area contributed by atoms with E-state index in [0.717, 1.165) is 11.4 Å². The van der Waals surface area contributed by atoms with E-state index in [0.29, 0.717) is 5.56 Å². The lowest BCUT2D eigenvalue weighted by molar-refractivity contribution is 0.0600. The first-order valence-corrected chi connectivity index (χ1v) is 4.92. The summed E-state index contributed by atoms with van der Waals surface area (Å²) in [6, 6.07) is 3.53. The minimum atomic E-state index is -0.314. The van der Waals surface area contributed by atoms with Gasteiger partial charge in [-0.25, -0.2) is 4.79 Å². The molecule has 0 spiro atoms. The largest absolute Gasteiger partial charge is 0.465 e. The standard InChI is InChI=1S/C12H17NO2/c1-8-6-9(11(14)15-5)7-10(13-8)12(2,3)4/h6-7H,1-5H3. The number of rotatable bonds is 1. The highest BCUT2D eigenvalue weighted by atomic mass is 16.5. The van der Waals surface area contributed by atoms with E-state index in [2.05, 4.69) is 25.8 Å². The number of aryl methyl sites for hydroxylation is 1. The number of hydrogen-bond donors (Lipinski definition) is 0. The Hall–Kier alpha value is -1.38. The Kier molecular flexibility index (Phi) is 3.12. The third-order valence-electron chi connectivity index (χ3n) is 2.14. The van der Waals surface area contributed by atoms with Gasteiger partial charge in [-0.2, -0.15) is 0 Å². The summed E-state index contributed by atoms with van der Waals surface area (Å²) in [6.07, 6.45) is 0. The highest BCUT2D eigenvalue weighted by Gasteiger charge is 2.18. The van der Waals surface area contributed by atoms with Crippen LogP contribution < -0.4 is 0 Å². The highest BCUT2D eigenvalue weighted by molar-refractivity contribution is 5.89. The van der Waals surface area contributed by atoms with E-state index in [-0.39, 0.29) is 11.4 Å². The number of carbonyl (C=O) groups is 1. The molecule has 0 aliphatic rings. The normalized spacial score (nSPS) is 11.3. The minimum absolute atomic E-state index is 0.0607. The van der Waals surface area contributed by atoms with Crippen LogP contribution in [-0.4, -0.2) is 18.1 Å². The average Bonchev–Trinajstić information content (AvgIpc) is 2.14. The maximum atomic E-state index is 11.4. The lowest BCUT2D eigenvalue weighted by atomic mass is 9.90. The third kappa shape index (κ3) is 2.78. The first-order chi connectivity index (χ1) is 6.84. The van der Waals surface area contributed by atoms with E-state index >= 15 is 0 Å². The molecule has 0 atom stereocenters. The lowest BCUT2D eigenvalue weighted by Gasteiger charge is -2.18. The Bertz CT molecular complexity index is 378. The number of carbonyl (C=O) groups excluding carboxylic acids is 1. The fourth-order valence-corrected chi connectivity index (χ4v) is 1.29. The van der Waals surface area contributed by atoms with E-state index in [1.54, 1.807) is 12.1 Å². The smallest absolute Gasteiger partial charge is 0.337 e. The van der Waals surface area contributed by atoms with Crippen LogP contribution in [0.4, 0.5) is 0 Å². The number of pyridine rings is 1. The molecule has 1 heterocycles. The summed E-state index contributed by atoms with van der Waals surface area (Å²) in [5.41, 5.74) is 2.25. The van der Waals surface area contributed by atoms with Crippen LogP contribution in [0.15, 0.2) is 12.1 Å². The number of esters is 1. The molecule has 3 heteroatoms. The van der Waals surface area contributed by atoms with Crippen molar-refractivity contribution in [1.29, 1.82) is 0 Å². The van der Waals surface area contributed by atoms with Crippen LogP contribution >= 0.6 is 0 Å². The van der Waals surface area contributed by atoms with Crippen molar-refractivity contribution in [2.24, 2.45) is 0 Å². The van der Waals surface area contributed by atoms with E-state index in [1.807, 2.05) is 6.92 Å². The molecule has 0 bridgehead atoms. The van der Waals surface area contributed by atoms with Crippen LogP contribution in [0.2, 0.25) is 0 Å². The second-order valence-electron chi connectivity index (χ2n) is 4.62. The van der Waals surface area contributed by atoms with Crippen molar-refractivity contribution in [2.45, 2.75) is 33.1 Å². The molecule has 82 valence electrons. The van der Waals surface area contributed by atoms with Crippen molar-refractivity contribution in [3.8, 4) is 0 Å². The molecular weight excluding hydrogens is 190 g/mol. The van der Waals surface area contributed by atoms with Gasteiger partial charge in [0.25, 0.3) is 0 Å². The molecule has 0 aromatic carbocycles. The third-order valence-corrected chi connectivity index (χ3v) is 2.14. The lowest BCUT2D eigenvalue weighted by Crippen LogP contribution is -2.16. The zero-order valence-electron chi connectivity index (χ0n) is 9.92. The fourth-order valence-electron chi connectivity index (χ4n) is 1.29. The van der Waals surface area contributed by atoms with Crippen LogP contribution in [0.25, 0.3) is 0 Å². The van der Waals surface area contributed by atoms with Crippen molar-refractivity contribution >= 4 is 5.97 Å². The van der Waals surface area contributed by atoms with Gasteiger partial charge in [0, 0.05) is 16.8 Å². The topological polar surface area (TPSA) is 39.2 Å². The molecule has 0 aliphatic carbocycles. The van der Waals surface area contributed by atoms with Crippen LogP contribution in [0, 0.1) is 6.92 Å². The SMILES string of the molecule is COC(=O)c1cc(C)nc(C(C)(C)C)c1. The average molecular weight is 207 g/mol. The highest BCUT2D eigenvalue weighted by Crippen LogP contribution is 2.21. The van der Waals surface area contributed by atoms with Crippen LogP contribution in [0.1, 0.15) is 42.5 Å². The second kappa shape index (κ2) is 4.01. The van der Waals surface area contributed by atoms with Crippen molar-refractivity contribution in [3.63, 3.8) is 0 Å². The molecule has 0 amide bonds. The predicted molar refractivity (Wildman–Crippen MR) is 59.0 cm³/mol. The molecule has 0 unspecified atom stereocenters. The fraction of sp³-hybridized carbons (Fsp3) is 0.500. The predicted octanol–water partition coefficient (Wildman–Crippen LogP) is 2.47. The van der Waals surface area contributed by atoms with E-state index in [4.69, 9.17) is 4.74 Å². The van der Waals surface area contributed by atoms with E-state index < -0.39 is 0 Å². The number of hydrogen-bond acceptors (Lipinski definition) is 3. The van der Waals surface area contributed by atoms with E-state index in [9.17, 15) is 4.79 Å². The molecule has 0 aliphatic heterocycles. The Morgan fingerprint density at radius 1 is 1.33 bits per heavy atom. The van der Waals surface area contributed by atoms with Crippen LogP contribution in [0.5, 0.6) is 0 Å². The van der Waals surface area contributed by atoms with E-state index in [1.165, 1.54) is 7.11 Å². The number of ether oxygens (including phenoxy) is 1. The molecule has 1 aromatic heterocycles. The van der Waals surface area contributed by atoms with Gasteiger partial charge in [0.2, 0.25) is 0 Å². The second-order valence-corrected chi connectivity index (χ2v) is 4.62. The van der Waals surface area contributed by atoms with Gasteiger partial charge in [-0.3, -0.25) is 4.98 Å². The summed E-state index contributed by atoms with van der Waals surface area (Å²) in [5.74, 6) is -0.314. The summed E-state index contributed by atoms with van der Waals surface area (Å²) in [4.78, 5) is 15.8. The van der Waals surface area contributed by atoms with Gasteiger partial charge in [-0.1, -0.05) is 20.8 Å². The minimum Gasteiger partial charge on any atom is -0.465 e. The summed E-state index contributed by atoms with van der Waals surface area (Å²) in [6.45, 7) is 8.07. The molecule has 1 aromatic rings. The molecular formula is C12H17NO2. The maximum absolute atomic E-state index is 11.4. The zero-order chi connectivity index (χ0) is 11.6. The summed E-state index contributed by atoms with van der Waals surface area (Å²) < 4.78 is 4.69. The van der Waals surface area contributed by atoms with Crippen molar-refractivity contribution in [2.75, 3.05) is 7.11 Å². The quantitative estimate of drug-likeness (QED) is 0.664. The van der Waals surface area contributed by atoms with Gasteiger partial charge < -0.3 is 4.74 Å². The summed E-state index contributed by atoms with van der Waals surface area (Å²) in [5, 5.41) is 0. The summed E-state index contributed by atoms with van der Waals surface area (Å²) >= 11 is 0. The molecule has 0 saturated heterocycles. The monoisotopic (exact) mass is 207 g/mol. The maximum Gasteiger partial charge on any atom is 0.337 e. The molecule has 0 N–H and O–H groups in total. The molecule has 0 saturated carbocycles. The number of aromatic nitrogens is 1. The molecule has 15 heavy (non-hydrogen) atoms. The van der Waals surface area contributed by atoms with Gasteiger partial charge in [-0.05, 0) is 19.1 Å². The van der Waals surface area contributed by atoms with Gasteiger partial charge in [-0.15, -0.1) is 0 Å².